The molecule has 0 bridgehead atoms. The molecule has 0 aromatic carbocycles. The molecule has 2 aliphatic heterocycles. The molecule has 1 unspecified atom stereocenters. The highest BCUT2D eigenvalue weighted by atomic mass is 19.4. The highest BCUT2D eigenvalue weighted by Crippen LogP contribution is 2.43. The summed E-state index contributed by atoms with van der Waals surface area (Å²) in [5, 5.41) is 7.66. The predicted octanol–water partition coefficient (Wildman–Crippen LogP) is 5.06. The summed E-state index contributed by atoms with van der Waals surface area (Å²) in [4.78, 5) is 14.5. The van der Waals surface area contributed by atoms with E-state index in [2.05, 4.69) is 22.6 Å². The molecule has 3 atom stereocenters. The minimum atomic E-state index is -4.35. The van der Waals surface area contributed by atoms with Gasteiger partial charge in [0.05, 0.1) is 5.69 Å². The van der Waals surface area contributed by atoms with Crippen LogP contribution in [0.1, 0.15) is 71.0 Å². The maximum Gasteiger partial charge on any atom is 0.410 e. The lowest BCUT2D eigenvalue weighted by molar-refractivity contribution is -0.174. The van der Waals surface area contributed by atoms with Crippen LogP contribution in [0.15, 0.2) is 18.2 Å². The number of carbonyl (C=O) groups excluding carboxylic acids is 1. The zero-order valence-electron chi connectivity index (χ0n) is 18.6. The number of nitrogens with one attached hydrogen (secondary N) is 1. The molecule has 0 spiro atoms. The first-order chi connectivity index (χ1) is 14.5. The minimum Gasteiger partial charge on any atom is -0.367 e. The lowest BCUT2D eigenvalue weighted by atomic mass is 9.84. The number of likely N-dealkylation sites (tertiary alicyclic amines) is 1. The Morgan fingerprint density at radius 2 is 1.90 bits per heavy atom. The molecule has 1 saturated heterocycles. The van der Waals surface area contributed by atoms with Crippen molar-refractivity contribution in [1.82, 2.24) is 14.7 Å². The van der Waals surface area contributed by atoms with Gasteiger partial charge in [-0.15, -0.1) is 0 Å². The lowest BCUT2D eigenvalue weighted by Crippen LogP contribution is -2.47. The van der Waals surface area contributed by atoms with Gasteiger partial charge in [0, 0.05) is 37.0 Å². The van der Waals surface area contributed by atoms with Crippen molar-refractivity contribution in [3.05, 3.63) is 23.9 Å². The normalized spacial score (nSPS) is 27.3. The van der Waals surface area contributed by atoms with Crippen LogP contribution < -0.4 is 5.32 Å². The van der Waals surface area contributed by atoms with Crippen molar-refractivity contribution in [1.29, 1.82) is 0 Å². The van der Waals surface area contributed by atoms with Crippen molar-refractivity contribution in [2.75, 3.05) is 18.4 Å². The van der Waals surface area contributed by atoms with Gasteiger partial charge < -0.3 is 10.2 Å². The van der Waals surface area contributed by atoms with Crippen molar-refractivity contribution in [3.8, 4) is 0 Å². The maximum atomic E-state index is 13.9. The van der Waals surface area contributed by atoms with Crippen LogP contribution in [-0.4, -0.2) is 45.9 Å². The first-order valence-corrected chi connectivity index (χ1v) is 11.4. The van der Waals surface area contributed by atoms with Crippen molar-refractivity contribution < 1.29 is 18.0 Å². The van der Waals surface area contributed by atoms with Crippen molar-refractivity contribution >= 4 is 11.7 Å². The molecule has 1 aliphatic carbocycles. The Bertz CT molecular complexity index is 831. The molecule has 8 heteroatoms. The molecule has 3 aliphatic rings. The zero-order chi connectivity index (χ0) is 22.4. The SMILES string of the molecule is CC(C)(C)c1cc2n(n1)[C@@H](C(F)(F)F)C[C@@H](C1CCN(C(=O)CC3C=CCC3)CC1)N2. The molecule has 5 nitrogen and oxygen atoms in total. The summed E-state index contributed by atoms with van der Waals surface area (Å²) in [5.41, 5.74) is 0.337. The number of halogens is 3. The van der Waals surface area contributed by atoms with Gasteiger partial charge in [0.2, 0.25) is 5.91 Å². The molecule has 1 fully saturated rings. The van der Waals surface area contributed by atoms with Gasteiger partial charge in [0.25, 0.3) is 0 Å². The molecule has 1 aromatic heterocycles. The summed E-state index contributed by atoms with van der Waals surface area (Å²) in [6.45, 7) is 7.11. The molecule has 0 radical (unpaired) electrons. The molecular weight excluding hydrogens is 405 g/mol. The highest BCUT2D eigenvalue weighted by Gasteiger charge is 2.48. The number of piperidine rings is 1. The summed E-state index contributed by atoms with van der Waals surface area (Å²) in [6, 6.07) is -0.115. The number of nitrogens with zero attached hydrogens (tertiary/aromatic N) is 3. The zero-order valence-corrected chi connectivity index (χ0v) is 18.6. The second-order valence-electron chi connectivity index (χ2n) is 10.3. The Morgan fingerprint density at radius 3 is 2.48 bits per heavy atom. The quantitative estimate of drug-likeness (QED) is 0.671. The average Bonchev–Trinajstić information content (AvgIpc) is 3.35. The van der Waals surface area contributed by atoms with E-state index >= 15 is 0 Å². The summed E-state index contributed by atoms with van der Waals surface area (Å²) >= 11 is 0. The summed E-state index contributed by atoms with van der Waals surface area (Å²) < 4.78 is 42.8. The topological polar surface area (TPSA) is 50.2 Å². The number of hydrogen-bond acceptors (Lipinski definition) is 3. The second kappa shape index (κ2) is 8.17. The van der Waals surface area contributed by atoms with E-state index in [0.717, 1.165) is 30.4 Å². The maximum absolute atomic E-state index is 13.9. The summed E-state index contributed by atoms with van der Waals surface area (Å²) in [7, 11) is 0. The first kappa shape index (κ1) is 22.2. The summed E-state index contributed by atoms with van der Waals surface area (Å²) in [5.74, 6) is 1.08. The molecule has 3 heterocycles. The third-order valence-electron chi connectivity index (χ3n) is 7.00. The number of fused-ring (bicyclic) bond motifs is 1. The van der Waals surface area contributed by atoms with Crippen LogP contribution in [0.4, 0.5) is 19.0 Å². The van der Waals surface area contributed by atoms with Crippen molar-refractivity contribution in [3.63, 3.8) is 0 Å². The van der Waals surface area contributed by atoms with Gasteiger partial charge in [0.15, 0.2) is 6.04 Å². The van der Waals surface area contributed by atoms with Crippen LogP contribution in [0.3, 0.4) is 0 Å². The van der Waals surface area contributed by atoms with Gasteiger partial charge in [-0.3, -0.25) is 4.79 Å². The monoisotopic (exact) mass is 438 g/mol. The van der Waals surface area contributed by atoms with Crippen LogP contribution in [0, 0.1) is 11.8 Å². The first-order valence-electron chi connectivity index (χ1n) is 11.4. The van der Waals surface area contributed by atoms with E-state index in [1.54, 1.807) is 6.07 Å². The Morgan fingerprint density at radius 1 is 1.19 bits per heavy atom. The Labute approximate surface area is 182 Å². The van der Waals surface area contributed by atoms with Gasteiger partial charge in [-0.05, 0) is 43.9 Å². The molecular formula is C23H33F3N4O. The van der Waals surface area contributed by atoms with Crippen LogP contribution in [0.5, 0.6) is 0 Å². The fourth-order valence-corrected chi connectivity index (χ4v) is 5.05. The second-order valence-corrected chi connectivity index (χ2v) is 10.3. The third kappa shape index (κ3) is 4.77. The van der Waals surface area contributed by atoms with E-state index in [1.165, 1.54) is 0 Å². The standard InChI is InChI=1S/C23H33F3N4O/c1-22(2,3)18-14-20-27-17(13-19(23(24,25)26)30(20)28-18)16-8-10-29(11-9-16)21(31)12-15-6-4-5-7-15/h4,6,14-17,19,27H,5,7-13H2,1-3H3/t15?,17-,19+/m0/s1. The molecule has 31 heavy (non-hydrogen) atoms. The van der Waals surface area contributed by atoms with Gasteiger partial charge in [-0.25, -0.2) is 4.68 Å². The average molecular weight is 439 g/mol. The van der Waals surface area contributed by atoms with Gasteiger partial charge in [0.1, 0.15) is 5.82 Å². The number of amides is 1. The molecule has 1 amide bonds. The minimum absolute atomic E-state index is 0.0206. The van der Waals surface area contributed by atoms with E-state index in [0.29, 0.717) is 36.9 Å². The van der Waals surface area contributed by atoms with Gasteiger partial charge in [-0.2, -0.15) is 18.3 Å². The van der Waals surface area contributed by atoms with Crippen LogP contribution in [-0.2, 0) is 10.2 Å². The number of anilines is 1. The Balaban J connectivity index is 1.43. The number of rotatable bonds is 3. The molecule has 4 rings (SSSR count). The smallest absolute Gasteiger partial charge is 0.367 e. The number of alkyl halides is 3. The largest absolute Gasteiger partial charge is 0.410 e. The van der Waals surface area contributed by atoms with E-state index in [4.69, 9.17) is 0 Å². The van der Waals surface area contributed by atoms with Crippen molar-refractivity contribution in [2.24, 2.45) is 11.8 Å². The van der Waals surface area contributed by atoms with Crippen LogP contribution in [0.2, 0.25) is 0 Å². The van der Waals surface area contributed by atoms with E-state index in [-0.39, 0.29) is 29.7 Å². The number of aromatic nitrogens is 2. The van der Waals surface area contributed by atoms with E-state index in [1.807, 2.05) is 25.7 Å². The number of allylic oxidation sites excluding steroid dienone is 2. The predicted molar refractivity (Wildman–Crippen MR) is 114 cm³/mol. The molecule has 0 saturated carbocycles. The Hall–Kier alpha value is -1.99. The molecule has 1 N–H and O–H groups in total. The van der Waals surface area contributed by atoms with Gasteiger partial charge >= 0.3 is 6.18 Å². The van der Waals surface area contributed by atoms with E-state index in [9.17, 15) is 18.0 Å². The fourth-order valence-electron chi connectivity index (χ4n) is 5.05. The van der Waals surface area contributed by atoms with Crippen molar-refractivity contribution in [2.45, 2.75) is 83.0 Å². The lowest BCUT2D eigenvalue weighted by Gasteiger charge is -2.41. The third-order valence-corrected chi connectivity index (χ3v) is 7.00. The van der Waals surface area contributed by atoms with E-state index < -0.39 is 12.2 Å². The van der Waals surface area contributed by atoms with Crippen LogP contribution in [0.25, 0.3) is 0 Å². The number of carbonyl (C=O) groups is 1. The summed E-state index contributed by atoms with van der Waals surface area (Å²) in [6.07, 6.45) is 3.99. The highest BCUT2D eigenvalue weighted by molar-refractivity contribution is 5.76. The fraction of sp³-hybridized carbons (Fsp3) is 0.739. The Kier molecular flexibility index (Phi) is 5.85. The molecule has 1 aromatic rings. The number of hydrogen-bond donors (Lipinski definition) is 1. The van der Waals surface area contributed by atoms with Gasteiger partial charge in [-0.1, -0.05) is 32.9 Å². The van der Waals surface area contributed by atoms with Crippen LogP contribution >= 0.6 is 0 Å². The molecule has 172 valence electrons.